The zero-order valence-electron chi connectivity index (χ0n) is 14.6. The normalized spacial score (nSPS) is 27.6. The lowest BCUT2D eigenvalue weighted by Crippen LogP contribution is -2.41. The first-order valence-corrected chi connectivity index (χ1v) is 8.66. The van der Waals surface area contributed by atoms with Crippen molar-refractivity contribution in [3.63, 3.8) is 0 Å². The van der Waals surface area contributed by atoms with Crippen molar-refractivity contribution in [3.05, 3.63) is 12.1 Å². The van der Waals surface area contributed by atoms with E-state index in [4.69, 9.17) is 18.8 Å². The highest BCUT2D eigenvalue weighted by Crippen LogP contribution is 2.36. The average Bonchev–Trinajstić information content (AvgIpc) is 2.67. The van der Waals surface area contributed by atoms with Crippen molar-refractivity contribution in [2.24, 2.45) is 0 Å². The van der Waals surface area contributed by atoms with Crippen LogP contribution in [0.15, 0.2) is 12.1 Å². The molecule has 5 heteroatoms. The third kappa shape index (κ3) is 5.09. The smallest absolute Gasteiger partial charge is 0.400 e. The minimum atomic E-state index is -0.254. The van der Waals surface area contributed by atoms with Gasteiger partial charge < -0.3 is 18.8 Å². The number of hydrogen-bond acceptors (Lipinski definition) is 4. The molecule has 2 rings (SSSR count). The molecule has 1 unspecified atom stereocenters. The Labute approximate surface area is 135 Å². The minimum absolute atomic E-state index is 0.0362. The van der Waals surface area contributed by atoms with Crippen molar-refractivity contribution < 1.29 is 18.8 Å². The van der Waals surface area contributed by atoms with Gasteiger partial charge in [0, 0.05) is 13.2 Å². The van der Waals surface area contributed by atoms with Crippen molar-refractivity contribution in [2.45, 2.75) is 83.7 Å². The lowest BCUT2D eigenvalue weighted by molar-refractivity contribution is -0.162. The molecule has 2 aliphatic rings. The Morgan fingerprint density at radius 3 is 2.45 bits per heavy atom. The van der Waals surface area contributed by atoms with E-state index >= 15 is 0 Å². The Hall–Kier alpha value is -0.355. The molecule has 0 saturated carbocycles. The fraction of sp³-hybridized carbons (Fsp3) is 0.882. The standard InChI is InChI=1S/C17H31BO4/c1-16(2)17(3,4)22-18(21-16)12-8-5-6-9-13-19-15-11-7-10-14-20-15/h8,12,15H,5-7,9-11,13-14H2,1-4H3/b12-8-. The highest BCUT2D eigenvalue weighted by atomic mass is 16.7. The van der Waals surface area contributed by atoms with Gasteiger partial charge in [-0.3, -0.25) is 0 Å². The van der Waals surface area contributed by atoms with Gasteiger partial charge in [-0.1, -0.05) is 12.1 Å². The summed E-state index contributed by atoms with van der Waals surface area (Å²) in [6.45, 7) is 9.94. The number of allylic oxidation sites excluding steroid dienone is 1. The van der Waals surface area contributed by atoms with Crippen LogP contribution in [0.1, 0.15) is 66.2 Å². The molecule has 22 heavy (non-hydrogen) atoms. The molecular formula is C17H31BO4. The summed E-state index contributed by atoms with van der Waals surface area (Å²) in [4.78, 5) is 0. The lowest BCUT2D eigenvalue weighted by Gasteiger charge is -2.32. The highest BCUT2D eigenvalue weighted by Gasteiger charge is 2.49. The van der Waals surface area contributed by atoms with Gasteiger partial charge in [-0.2, -0.15) is 0 Å². The molecule has 0 amide bonds. The van der Waals surface area contributed by atoms with Gasteiger partial charge in [0.15, 0.2) is 6.29 Å². The highest BCUT2D eigenvalue weighted by molar-refractivity contribution is 6.51. The molecule has 0 aromatic rings. The molecule has 0 aliphatic carbocycles. The molecule has 4 nitrogen and oxygen atoms in total. The van der Waals surface area contributed by atoms with Crippen molar-refractivity contribution in [1.82, 2.24) is 0 Å². The van der Waals surface area contributed by atoms with Crippen LogP contribution in [0.3, 0.4) is 0 Å². The van der Waals surface area contributed by atoms with Crippen LogP contribution in [0.5, 0.6) is 0 Å². The Bertz CT molecular complexity index is 346. The van der Waals surface area contributed by atoms with Crippen LogP contribution in [-0.2, 0) is 18.8 Å². The monoisotopic (exact) mass is 310 g/mol. The zero-order valence-corrected chi connectivity index (χ0v) is 14.6. The number of unbranched alkanes of at least 4 members (excludes halogenated alkanes) is 2. The summed E-state index contributed by atoms with van der Waals surface area (Å²) < 4.78 is 23.1. The van der Waals surface area contributed by atoms with Gasteiger partial charge in [0.2, 0.25) is 0 Å². The predicted molar refractivity (Wildman–Crippen MR) is 88.6 cm³/mol. The molecule has 1 atom stereocenters. The fourth-order valence-corrected chi connectivity index (χ4v) is 2.60. The van der Waals surface area contributed by atoms with Gasteiger partial charge in [0.1, 0.15) is 0 Å². The second-order valence-electron chi connectivity index (χ2n) is 7.22. The van der Waals surface area contributed by atoms with E-state index in [9.17, 15) is 0 Å². The summed E-state index contributed by atoms with van der Waals surface area (Å²) in [5.74, 6) is 2.03. The Morgan fingerprint density at radius 1 is 1.09 bits per heavy atom. The van der Waals surface area contributed by atoms with Crippen molar-refractivity contribution in [1.29, 1.82) is 0 Å². The largest absolute Gasteiger partial charge is 0.486 e. The first kappa shape index (κ1) is 18.0. The van der Waals surface area contributed by atoms with E-state index < -0.39 is 0 Å². The number of rotatable bonds is 7. The van der Waals surface area contributed by atoms with E-state index in [2.05, 4.69) is 33.8 Å². The quantitative estimate of drug-likeness (QED) is 0.528. The van der Waals surface area contributed by atoms with E-state index in [0.717, 1.165) is 38.9 Å². The van der Waals surface area contributed by atoms with Crippen LogP contribution in [0.25, 0.3) is 0 Å². The van der Waals surface area contributed by atoms with Crippen molar-refractivity contribution in [3.8, 4) is 0 Å². The van der Waals surface area contributed by atoms with Crippen LogP contribution in [-0.4, -0.2) is 37.8 Å². The van der Waals surface area contributed by atoms with Gasteiger partial charge in [-0.25, -0.2) is 0 Å². The summed E-state index contributed by atoms with van der Waals surface area (Å²) in [6, 6.07) is 0. The molecule has 0 radical (unpaired) electrons. The second-order valence-corrected chi connectivity index (χ2v) is 7.22. The maximum Gasteiger partial charge on any atom is 0.486 e. The molecule has 0 spiro atoms. The SMILES string of the molecule is CC1(C)OB(/C=C\CCCCOC2CCCCO2)OC1(C)C. The van der Waals surface area contributed by atoms with Gasteiger partial charge in [0.05, 0.1) is 11.2 Å². The van der Waals surface area contributed by atoms with E-state index in [1.807, 2.05) is 5.98 Å². The molecule has 2 fully saturated rings. The van der Waals surface area contributed by atoms with Crippen LogP contribution in [0, 0.1) is 0 Å². The Morgan fingerprint density at radius 2 is 1.82 bits per heavy atom. The first-order valence-electron chi connectivity index (χ1n) is 8.66. The topological polar surface area (TPSA) is 36.9 Å². The summed E-state index contributed by atoms with van der Waals surface area (Å²) in [5, 5.41) is 0. The van der Waals surface area contributed by atoms with Crippen LogP contribution in [0.4, 0.5) is 0 Å². The van der Waals surface area contributed by atoms with Crippen LogP contribution >= 0.6 is 0 Å². The Kier molecular flexibility index (Phi) is 6.51. The third-order valence-corrected chi connectivity index (χ3v) is 4.77. The van der Waals surface area contributed by atoms with E-state index in [0.29, 0.717) is 0 Å². The van der Waals surface area contributed by atoms with E-state index in [-0.39, 0.29) is 24.6 Å². The summed E-state index contributed by atoms with van der Waals surface area (Å²) in [7, 11) is -0.225. The van der Waals surface area contributed by atoms with Gasteiger partial charge >= 0.3 is 7.12 Å². The van der Waals surface area contributed by atoms with Crippen molar-refractivity contribution in [2.75, 3.05) is 13.2 Å². The molecule has 0 N–H and O–H groups in total. The molecule has 0 bridgehead atoms. The predicted octanol–water partition coefficient (Wildman–Crippen LogP) is 3.89. The van der Waals surface area contributed by atoms with E-state index in [1.165, 1.54) is 12.8 Å². The van der Waals surface area contributed by atoms with E-state index in [1.54, 1.807) is 0 Å². The average molecular weight is 310 g/mol. The van der Waals surface area contributed by atoms with Gasteiger partial charge in [0.25, 0.3) is 0 Å². The fourth-order valence-electron chi connectivity index (χ4n) is 2.60. The second kappa shape index (κ2) is 7.96. The maximum atomic E-state index is 5.92. The van der Waals surface area contributed by atoms with Crippen molar-refractivity contribution >= 4 is 7.12 Å². The zero-order chi connectivity index (χ0) is 16.1. The Balaban J connectivity index is 1.53. The molecule has 126 valence electrons. The minimum Gasteiger partial charge on any atom is -0.400 e. The van der Waals surface area contributed by atoms with Crippen LogP contribution in [0.2, 0.25) is 0 Å². The molecule has 0 aromatic carbocycles. The molecule has 2 heterocycles. The lowest BCUT2D eigenvalue weighted by atomic mass is 9.89. The van der Waals surface area contributed by atoms with Gasteiger partial charge in [-0.15, -0.1) is 0 Å². The summed E-state index contributed by atoms with van der Waals surface area (Å²) >= 11 is 0. The number of hydrogen-bond donors (Lipinski definition) is 0. The molecule has 0 aromatic heterocycles. The van der Waals surface area contributed by atoms with Crippen LogP contribution < -0.4 is 0 Å². The molecular weight excluding hydrogens is 279 g/mol. The molecule has 2 aliphatic heterocycles. The summed E-state index contributed by atoms with van der Waals surface area (Å²) in [6.07, 6.45) is 8.83. The maximum absolute atomic E-state index is 5.92. The third-order valence-electron chi connectivity index (χ3n) is 4.77. The number of ether oxygens (including phenoxy) is 2. The summed E-state index contributed by atoms with van der Waals surface area (Å²) in [5.41, 5.74) is -0.508. The first-order chi connectivity index (χ1) is 10.4. The van der Waals surface area contributed by atoms with Gasteiger partial charge in [-0.05, 0) is 66.2 Å². The molecule has 2 saturated heterocycles.